The first-order chi connectivity index (χ1) is 4.27. The fourth-order valence-corrected chi connectivity index (χ4v) is 1.86. The lowest BCUT2D eigenvalue weighted by atomic mass is 10.1. The lowest BCUT2D eigenvalue weighted by Gasteiger charge is -2.19. The number of rotatable bonds is 3. The molecule has 0 rings (SSSR count). The topological polar surface area (TPSA) is 46.2 Å². The Hall–Kier alpha value is 0.490. The van der Waals surface area contributed by atoms with Crippen molar-refractivity contribution in [2.75, 3.05) is 5.88 Å². The Bertz CT molecular complexity index is 199. The molecule has 0 aromatic heterocycles. The van der Waals surface area contributed by atoms with E-state index < -0.39 is 14.8 Å². The summed E-state index contributed by atoms with van der Waals surface area (Å²) in [5, 5.41) is 0. The first-order valence-corrected chi connectivity index (χ1v) is 5.41. The fourth-order valence-electron chi connectivity index (χ4n) is 0.357. The summed E-state index contributed by atoms with van der Waals surface area (Å²) in [6.45, 7) is 3.28. The van der Waals surface area contributed by atoms with E-state index in [9.17, 15) is 8.42 Å². The Morgan fingerprint density at radius 3 is 2.00 bits per heavy atom. The highest BCUT2D eigenvalue weighted by molar-refractivity contribution is 8.12. The molecule has 0 aliphatic heterocycles. The minimum Gasteiger partial charge on any atom is -0.195 e. The van der Waals surface area contributed by atoms with E-state index in [1.807, 2.05) is 0 Å². The van der Waals surface area contributed by atoms with E-state index in [1.54, 1.807) is 13.8 Å². The van der Waals surface area contributed by atoms with Crippen LogP contribution in [0, 0.1) is 0 Å². The van der Waals surface area contributed by atoms with Crippen LogP contribution in [0.25, 0.3) is 0 Å². The summed E-state index contributed by atoms with van der Waals surface area (Å²) < 4.78 is 23.0. The van der Waals surface area contributed by atoms with Gasteiger partial charge in [-0.05, 0) is 13.8 Å². The third kappa shape index (κ3) is 5.29. The molecule has 1 N–H and O–H groups in total. The van der Waals surface area contributed by atoms with Gasteiger partial charge >= 0.3 is 0 Å². The zero-order valence-corrected chi connectivity index (χ0v) is 8.02. The van der Waals surface area contributed by atoms with Gasteiger partial charge in [-0.25, -0.2) is 0 Å². The smallest absolute Gasteiger partial charge is 0.195 e. The number of alkyl halides is 1. The summed E-state index contributed by atoms with van der Waals surface area (Å²) in [5.41, 5.74) is -0.678. The lowest BCUT2D eigenvalue weighted by molar-refractivity contribution is 0.504. The van der Waals surface area contributed by atoms with Crippen molar-refractivity contribution < 1.29 is 8.42 Å². The molecule has 10 heavy (non-hydrogen) atoms. The summed E-state index contributed by atoms with van der Waals surface area (Å²) in [5.74, 6) is 0.180. The van der Waals surface area contributed by atoms with Crippen molar-refractivity contribution >= 4 is 31.5 Å². The molecule has 0 heterocycles. The van der Waals surface area contributed by atoms with Crippen molar-refractivity contribution in [1.82, 2.24) is 4.72 Å². The van der Waals surface area contributed by atoms with Crippen LogP contribution in [0.2, 0.25) is 0 Å². The van der Waals surface area contributed by atoms with E-state index in [-0.39, 0.29) is 5.88 Å². The zero-order valence-electron chi connectivity index (χ0n) is 5.69. The van der Waals surface area contributed by atoms with Crippen LogP contribution in [0.4, 0.5) is 0 Å². The van der Waals surface area contributed by atoms with Gasteiger partial charge in [0.15, 0.2) is 0 Å². The van der Waals surface area contributed by atoms with Crippen LogP contribution in [0.1, 0.15) is 13.8 Å². The van der Waals surface area contributed by atoms with Crippen molar-refractivity contribution in [3.05, 3.63) is 0 Å². The Labute approximate surface area is 70.3 Å². The maximum Gasteiger partial charge on any atom is 0.297 e. The molecule has 0 aromatic carbocycles. The summed E-state index contributed by atoms with van der Waals surface area (Å²) >= 11 is 5.41. The van der Waals surface area contributed by atoms with Gasteiger partial charge in [-0.1, -0.05) is 0 Å². The van der Waals surface area contributed by atoms with Gasteiger partial charge in [-0.15, -0.1) is 11.6 Å². The van der Waals surface area contributed by atoms with Gasteiger partial charge in [0.05, 0.1) is 0 Å². The summed E-state index contributed by atoms with van der Waals surface area (Å²) in [6.07, 6.45) is 0. The highest BCUT2D eigenvalue weighted by atomic mass is 35.7. The Kier molecular flexibility index (Phi) is 3.42. The van der Waals surface area contributed by atoms with Gasteiger partial charge in [0.2, 0.25) is 0 Å². The molecule has 0 saturated heterocycles. The maximum atomic E-state index is 10.4. The molecule has 6 heteroatoms. The van der Waals surface area contributed by atoms with Crippen LogP contribution in [0.15, 0.2) is 0 Å². The van der Waals surface area contributed by atoms with Crippen molar-refractivity contribution in [3.63, 3.8) is 0 Å². The number of halogens is 2. The molecule has 0 unspecified atom stereocenters. The molecule has 0 atom stereocenters. The standard InChI is InChI=1S/C4H9Cl2NO2S/c1-4(2,3-5)7-10(6,8)9/h7H,3H2,1-2H3. The Balaban J connectivity index is 4.16. The maximum absolute atomic E-state index is 10.4. The van der Waals surface area contributed by atoms with E-state index in [4.69, 9.17) is 22.3 Å². The molecule has 0 saturated carbocycles. The van der Waals surface area contributed by atoms with Gasteiger partial charge in [-0.2, -0.15) is 13.1 Å². The van der Waals surface area contributed by atoms with E-state index >= 15 is 0 Å². The third-order valence-electron chi connectivity index (χ3n) is 0.732. The highest BCUT2D eigenvalue weighted by Crippen LogP contribution is 2.07. The van der Waals surface area contributed by atoms with Crippen LogP contribution < -0.4 is 4.72 Å². The van der Waals surface area contributed by atoms with Crippen LogP contribution in [-0.4, -0.2) is 19.8 Å². The van der Waals surface area contributed by atoms with Crippen molar-refractivity contribution in [1.29, 1.82) is 0 Å². The van der Waals surface area contributed by atoms with Crippen molar-refractivity contribution in [2.45, 2.75) is 19.4 Å². The van der Waals surface area contributed by atoms with E-state index in [1.165, 1.54) is 0 Å². The SMILES string of the molecule is CC(C)(CCl)NS(=O)(=O)Cl. The first-order valence-electron chi connectivity index (χ1n) is 2.56. The van der Waals surface area contributed by atoms with Gasteiger partial charge in [0.1, 0.15) is 0 Å². The zero-order chi connectivity index (χ0) is 8.41. The molecule has 0 radical (unpaired) electrons. The van der Waals surface area contributed by atoms with Crippen LogP contribution in [0.3, 0.4) is 0 Å². The molecular formula is C4H9Cl2NO2S. The van der Waals surface area contributed by atoms with Crippen molar-refractivity contribution in [3.8, 4) is 0 Å². The quantitative estimate of drug-likeness (QED) is 0.554. The van der Waals surface area contributed by atoms with Crippen LogP contribution >= 0.6 is 22.3 Å². The van der Waals surface area contributed by atoms with E-state index in [0.717, 1.165) is 0 Å². The summed E-state index contributed by atoms with van der Waals surface area (Å²) in [7, 11) is 1.24. The largest absolute Gasteiger partial charge is 0.297 e. The first kappa shape index (κ1) is 10.5. The lowest BCUT2D eigenvalue weighted by Crippen LogP contribution is -2.42. The molecule has 0 aliphatic carbocycles. The predicted molar refractivity (Wildman–Crippen MR) is 42.7 cm³/mol. The minimum atomic E-state index is -3.66. The molecule has 0 aromatic rings. The van der Waals surface area contributed by atoms with E-state index in [2.05, 4.69) is 4.72 Å². The normalized spacial score (nSPS) is 13.6. The monoisotopic (exact) mass is 205 g/mol. The number of hydrogen-bond acceptors (Lipinski definition) is 2. The number of nitrogens with one attached hydrogen (secondary N) is 1. The second kappa shape index (κ2) is 3.26. The molecular weight excluding hydrogens is 197 g/mol. The molecule has 0 fully saturated rings. The van der Waals surface area contributed by atoms with Gasteiger partial charge < -0.3 is 0 Å². The molecule has 0 spiro atoms. The average Bonchev–Trinajstić information content (AvgIpc) is 1.60. The van der Waals surface area contributed by atoms with Crippen molar-refractivity contribution in [2.24, 2.45) is 0 Å². The Morgan fingerprint density at radius 1 is 1.50 bits per heavy atom. The van der Waals surface area contributed by atoms with Gasteiger partial charge in [-0.3, -0.25) is 0 Å². The van der Waals surface area contributed by atoms with Gasteiger partial charge in [0, 0.05) is 22.1 Å². The van der Waals surface area contributed by atoms with Crippen LogP contribution in [0.5, 0.6) is 0 Å². The molecule has 0 aliphatic rings. The van der Waals surface area contributed by atoms with Crippen LogP contribution in [-0.2, 0) is 9.24 Å². The molecule has 62 valence electrons. The Morgan fingerprint density at radius 2 is 1.90 bits per heavy atom. The summed E-state index contributed by atoms with van der Waals surface area (Å²) in [4.78, 5) is 0. The highest BCUT2D eigenvalue weighted by Gasteiger charge is 2.21. The minimum absolute atomic E-state index is 0.180. The average molecular weight is 206 g/mol. The molecule has 3 nitrogen and oxygen atoms in total. The van der Waals surface area contributed by atoms with E-state index in [0.29, 0.717) is 0 Å². The van der Waals surface area contributed by atoms with Gasteiger partial charge in [0.25, 0.3) is 9.24 Å². The second-order valence-electron chi connectivity index (χ2n) is 2.56. The second-order valence-corrected chi connectivity index (χ2v) is 5.12. The molecule has 0 bridgehead atoms. The summed E-state index contributed by atoms with van der Waals surface area (Å²) in [6, 6.07) is 0. The number of hydrogen-bond donors (Lipinski definition) is 1. The third-order valence-corrected chi connectivity index (χ3v) is 2.43. The molecule has 0 amide bonds. The predicted octanol–water partition coefficient (Wildman–Crippen LogP) is 1.08. The fraction of sp³-hybridized carbons (Fsp3) is 1.00.